The molecule has 236 valence electrons. The molecule has 3 heterocycles. The molecular weight excluding hydrogens is 667 g/mol. The van der Waals surface area contributed by atoms with E-state index in [1.165, 1.54) is 0 Å². The first-order valence-electron chi connectivity index (χ1n) is 14.9. The third-order valence-corrected chi connectivity index (χ3v) is 14.4. The van der Waals surface area contributed by atoms with Crippen LogP contribution < -0.4 is 15.1 Å². The first-order valence-corrected chi connectivity index (χ1v) is 19.3. The lowest BCUT2D eigenvalue weighted by Gasteiger charge is -2.34. The summed E-state index contributed by atoms with van der Waals surface area (Å²) in [7, 11) is -11.7. The van der Waals surface area contributed by atoms with E-state index >= 15 is 0 Å². The van der Waals surface area contributed by atoms with Crippen molar-refractivity contribution >= 4 is 75.0 Å². The van der Waals surface area contributed by atoms with Crippen LogP contribution in [0.25, 0.3) is 0 Å². The number of sulfone groups is 3. The van der Waals surface area contributed by atoms with Crippen LogP contribution in [-0.2, 0) is 29.5 Å². The van der Waals surface area contributed by atoms with Gasteiger partial charge in [0.15, 0.2) is 0 Å². The minimum atomic E-state index is -4.13. The van der Waals surface area contributed by atoms with Crippen LogP contribution in [0.4, 0.5) is 45.5 Å². The van der Waals surface area contributed by atoms with Gasteiger partial charge in [-0.05, 0) is 84.9 Å². The average molecular weight is 690 g/mol. The minimum Gasteiger partial charge on any atom is -0.353 e. The van der Waals surface area contributed by atoms with Gasteiger partial charge in [0.25, 0.3) is 0 Å². The van der Waals surface area contributed by atoms with Crippen molar-refractivity contribution in [3.05, 3.63) is 133 Å². The molecule has 0 fully saturated rings. The molecular formula is C36H23N3O6S3. The fourth-order valence-corrected chi connectivity index (χ4v) is 11.6. The predicted molar refractivity (Wildman–Crippen MR) is 182 cm³/mol. The van der Waals surface area contributed by atoms with Crippen molar-refractivity contribution < 1.29 is 25.3 Å². The quantitative estimate of drug-likeness (QED) is 0.194. The molecule has 0 bridgehead atoms. The minimum absolute atomic E-state index is 0.0232. The van der Waals surface area contributed by atoms with Crippen molar-refractivity contribution in [2.45, 2.75) is 29.4 Å². The van der Waals surface area contributed by atoms with Crippen LogP contribution in [-0.4, -0.2) is 25.3 Å². The molecule has 0 aromatic heterocycles. The van der Waals surface area contributed by atoms with E-state index in [9.17, 15) is 25.3 Å². The Kier molecular flexibility index (Phi) is 5.87. The molecule has 0 atom stereocenters. The van der Waals surface area contributed by atoms with Crippen molar-refractivity contribution in [1.29, 1.82) is 0 Å². The van der Waals surface area contributed by atoms with Crippen LogP contribution in [0.5, 0.6) is 0 Å². The molecule has 6 aromatic carbocycles. The second-order valence-corrected chi connectivity index (χ2v) is 17.2. The van der Waals surface area contributed by atoms with Crippen molar-refractivity contribution in [3.63, 3.8) is 0 Å². The third kappa shape index (κ3) is 3.84. The van der Waals surface area contributed by atoms with E-state index in [1.54, 1.807) is 143 Å². The van der Waals surface area contributed by atoms with Crippen LogP contribution in [0.15, 0.2) is 163 Å². The monoisotopic (exact) mass is 689 g/mol. The summed E-state index contributed by atoms with van der Waals surface area (Å²) in [5, 5.41) is 3.25. The summed E-state index contributed by atoms with van der Waals surface area (Å²) in [6.45, 7) is 0. The van der Waals surface area contributed by atoms with E-state index in [0.717, 1.165) is 0 Å². The predicted octanol–water partition coefficient (Wildman–Crippen LogP) is 7.81. The van der Waals surface area contributed by atoms with Gasteiger partial charge in [-0.1, -0.05) is 48.5 Å². The molecule has 3 aliphatic heterocycles. The Hall–Kier alpha value is -5.43. The molecule has 12 heteroatoms. The normalized spacial score (nSPS) is 17.0. The van der Waals surface area contributed by atoms with Gasteiger partial charge in [-0.15, -0.1) is 0 Å². The van der Waals surface area contributed by atoms with E-state index in [0.29, 0.717) is 45.5 Å². The van der Waals surface area contributed by atoms with Gasteiger partial charge < -0.3 is 15.1 Å². The molecule has 48 heavy (non-hydrogen) atoms. The molecule has 0 aliphatic carbocycles. The first kappa shape index (κ1) is 28.8. The fourth-order valence-electron chi connectivity index (χ4n) is 6.74. The third-order valence-electron chi connectivity index (χ3n) is 8.88. The lowest BCUT2D eigenvalue weighted by molar-refractivity contribution is 0.593. The molecule has 9 nitrogen and oxygen atoms in total. The van der Waals surface area contributed by atoms with Gasteiger partial charge in [-0.3, -0.25) is 0 Å². The maximum atomic E-state index is 14.5. The standard InChI is InChI=1S/C36H23N3O6S3/c40-46(41)31-13-5-1-9-27(31)38(28-10-2-6-14-32(28)46)23-17-19-25-35(21-23)48(44,45)36-22-24(18-20-26(36)37-25)39-29-11-3-7-15-33(29)47(42,43)34-16-8-4-12-30(34)39/h1-22,37H. The number of benzene rings is 6. The summed E-state index contributed by atoms with van der Waals surface area (Å²) in [5.41, 5.74) is 3.36. The zero-order valence-electron chi connectivity index (χ0n) is 24.8. The number of hydrogen-bond donors (Lipinski definition) is 1. The number of rotatable bonds is 2. The van der Waals surface area contributed by atoms with Crippen LogP contribution >= 0.6 is 0 Å². The van der Waals surface area contributed by atoms with E-state index in [4.69, 9.17) is 0 Å². The van der Waals surface area contributed by atoms with Gasteiger partial charge in [0, 0.05) is 11.4 Å². The van der Waals surface area contributed by atoms with Crippen molar-refractivity contribution in [1.82, 2.24) is 0 Å². The molecule has 0 spiro atoms. The maximum absolute atomic E-state index is 14.5. The van der Waals surface area contributed by atoms with Gasteiger partial charge in [0.05, 0.1) is 63.5 Å². The second-order valence-electron chi connectivity index (χ2n) is 11.5. The summed E-state index contributed by atoms with van der Waals surface area (Å²) in [6.07, 6.45) is 0. The number of para-hydroxylation sites is 4. The highest BCUT2D eigenvalue weighted by atomic mass is 32.2. The smallest absolute Gasteiger partial charge is 0.210 e. The van der Waals surface area contributed by atoms with Crippen LogP contribution in [0, 0.1) is 0 Å². The van der Waals surface area contributed by atoms with Gasteiger partial charge >= 0.3 is 0 Å². The molecule has 9 rings (SSSR count). The summed E-state index contributed by atoms with van der Waals surface area (Å²) in [5.74, 6) is 0. The molecule has 3 aliphatic rings. The number of hydrogen-bond acceptors (Lipinski definition) is 9. The van der Waals surface area contributed by atoms with E-state index < -0.39 is 29.5 Å². The lowest BCUT2D eigenvalue weighted by Crippen LogP contribution is -2.23. The molecule has 0 saturated carbocycles. The highest BCUT2D eigenvalue weighted by Gasteiger charge is 2.38. The van der Waals surface area contributed by atoms with E-state index in [1.807, 2.05) is 0 Å². The summed E-state index contributed by atoms with van der Waals surface area (Å²) in [4.78, 5) is 4.07. The molecule has 0 amide bonds. The average Bonchev–Trinajstić information content (AvgIpc) is 3.09. The molecule has 0 saturated heterocycles. The highest BCUT2D eigenvalue weighted by molar-refractivity contribution is 7.92. The van der Waals surface area contributed by atoms with Gasteiger partial charge in [-0.2, -0.15) is 0 Å². The largest absolute Gasteiger partial charge is 0.353 e. The van der Waals surface area contributed by atoms with Gasteiger partial charge in [-0.25, -0.2) is 25.3 Å². The molecule has 1 N–H and O–H groups in total. The Morgan fingerprint density at radius 1 is 0.354 bits per heavy atom. The fraction of sp³-hybridized carbons (Fsp3) is 0. The molecule has 0 unspecified atom stereocenters. The van der Waals surface area contributed by atoms with Crippen LogP contribution in [0.3, 0.4) is 0 Å². The zero-order valence-corrected chi connectivity index (χ0v) is 27.2. The Labute approximate surface area is 277 Å². The Morgan fingerprint density at radius 2 is 0.646 bits per heavy atom. The maximum Gasteiger partial charge on any atom is 0.210 e. The Bertz CT molecular complexity index is 2440. The Morgan fingerprint density at radius 3 is 0.979 bits per heavy atom. The lowest BCUT2D eigenvalue weighted by atomic mass is 10.1. The summed E-state index contributed by atoms with van der Waals surface area (Å²) >= 11 is 0. The van der Waals surface area contributed by atoms with Gasteiger partial charge in [0.2, 0.25) is 29.5 Å². The van der Waals surface area contributed by atoms with Crippen molar-refractivity contribution in [2.75, 3.05) is 15.1 Å². The number of nitrogens with zero attached hydrogens (tertiary/aromatic N) is 2. The topological polar surface area (TPSA) is 121 Å². The van der Waals surface area contributed by atoms with Crippen LogP contribution in [0.1, 0.15) is 0 Å². The number of anilines is 8. The van der Waals surface area contributed by atoms with Gasteiger partial charge in [0.1, 0.15) is 0 Å². The molecule has 6 aromatic rings. The van der Waals surface area contributed by atoms with Crippen molar-refractivity contribution in [2.24, 2.45) is 0 Å². The Balaban J connectivity index is 1.20. The first-order chi connectivity index (χ1) is 23.1. The van der Waals surface area contributed by atoms with E-state index in [2.05, 4.69) is 5.32 Å². The highest BCUT2D eigenvalue weighted by Crippen LogP contribution is 2.52. The molecule has 0 radical (unpaired) electrons. The number of fused-ring (bicyclic) bond motifs is 6. The summed E-state index contributed by atoms with van der Waals surface area (Å²) in [6, 6.07) is 36.6. The SMILES string of the molecule is O=S1(=O)c2cc(N3c4ccccc4S(=O)(=O)c4ccccc43)ccc2Nc2ccc(N3c4ccccc4S(=O)(=O)c4ccccc43)cc21. The zero-order chi connectivity index (χ0) is 33.0. The van der Waals surface area contributed by atoms with Crippen molar-refractivity contribution in [3.8, 4) is 0 Å². The second kappa shape index (κ2) is 9.80. The van der Waals surface area contributed by atoms with Crippen LogP contribution in [0.2, 0.25) is 0 Å². The number of nitrogens with one attached hydrogen (secondary N) is 1. The van der Waals surface area contributed by atoms with E-state index in [-0.39, 0.29) is 29.4 Å². The summed E-state index contributed by atoms with van der Waals surface area (Å²) < 4.78 is 83.1.